The molecule has 0 spiro atoms. The van der Waals surface area contributed by atoms with Gasteiger partial charge in [-0.1, -0.05) is 37.6 Å². The number of esters is 1. The number of halogens is 1. The van der Waals surface area contributed by atoms with Crippen LogP contribution in [0.15, 0.2) is 29.3 Å². The molecule has 0 amide bonds. The summed E-state index contributed by atoms with van der Waals surface area (Å²) in [6.45, 7) is 5.60. The molecule has 128 valence electrons. The zero-order chi connectivity index (χ0) is 17.3. The van der Waals surface area contributed by atoms with Crippen LogP contribution >= 0.6 is 11.6 Å². The number of ether oxygens (including phenoxy) is 1. The number of carbonyl (C=O) groups excluding carboxylic acids is 1. The summed E-state index contributed by atoms with van der Waals surface area (Å²) in [5.41, 5.74) is 1.24. The molecular formula is C17H26ClN3O2. The van der Waals surface area contributed by atoms with Gasteiger partial charge in [-0.15, -0.1) is 0 Å². The molecule has 5 nitrogen and oxygen atoms in total. The van der Waals surface area contributed by atoms with Gasteiger partial charge in [0.25, 0.3) is 0 Å². The number of aliphatic imine (C=N–C) groups is 1. The molecular weight excluding hydrogens is 314 g/mol. The Bertz CT molecular complexity index is 544. The second kappa shape index (κ2) is 9.40. The van der Waals surface area contributed by atoms with Crippen LogP contribution in [-0.4, -0.2) is 39.2 Å². The van der Waals surface area contributed by atoms with Crippen molar-refractivity contribution in [1.82, 2.24) is 10.6 Å². The number of benzene rings is 1. The Morgan fingerprint density at radius 2 is 2.09 bits per heavy atom. The quantitative estimate of drug-likeness (QED) is 0.455. The summed E-state index contributed by atoms with van der Waals surface area (Å²) in [7, 11) is 3.09. The van der Waals surface area contributed by atoms with Crippen molar-refractivity contribution < 1.29 is 9.53 Å². The van der Waals surface area contributed by atoms with Crippen LogP contribution in [0.1, 0.15) is 25.8 Å². The summed E-state index contributed by atoms with van der Waals surface area (Å²) in [4.78, 5) is 15.3. The molecule has 0 aliphatic heterocycles. The maximum absolute atomic E-state index is 11.1. The van der Waals surface area contributed by atoms with Crippen LogP contribution < -0.4 is 10.6 Å². The number of guanidine groups is 1. The van der Waals surface area contributed by atoms with E-state index in [2.05, 4.69) is 40.3 Å². The van der Waals surface area contributed by atoms with Crippen LogP contribution in [0.4, 0.5) is 0 Å². The molecule has 6 heteroatoms. The summed E-state index contributed by atoms with van der Waals surface area (Å²) in [6, 6.07) is 7.92. The molecule has 0 radical (unpaired) electrons. The van der Waals surface area contributed by atoms with Gasteiger partial charge in [0, 0.05) is 25.2 Å². The van der Waals surface area contributed by atoms with Gasteiger partial charge >= 0.3 is 5.97 Å². The zero-order valence-electron chi connectivity index (χ0n) is 14.3. The van der Waals surface area contributed by atoms with E-state index in [1.165, 1.54) is 12.7 Å². The minimum Gasteiger partial charge on any atom is -0.469 e. The predicted octanol–water partition coefficient (Wildman–Crippen LogP) is 2.64. The molecule has 1 aromatic carbocycles. The first-order chi connectivity index (χ1) is 10.9. The van der Waals surface area contributed by atoms with Crippen LogP contribution in [0, 0.1) is 5.41 Å². The average molecular weight is 340 g/mol. The van der Waals surface area contributed by atoms with Crippen molar-refractivity contribution in [3.63, 3.8) is 0 Å². The van der Waals surface area contributed by atoms with Gasteiger partial charge in [0.1, 0.15) is 0 Å². The first-order valence-corrected chi connectivity index (χ1v) is 8.00. The van der Waals surface area contributed by atoms with Gasteiger partial charge < -0.3 is 15.4 Å². The lowest BCUT2D eigenvalue weighted by Crippen LogP contribution is -2.43. The molecule has 2 N–H and O–H groups in total. The van der Waals surface area contributed by atoms with Crippen molar-refractivity contribution in [3.8, 4) is 0 Å². The largest absolute Gasteiger partial charge is 0.469 e. The zero-order valence-corrected chi connectivity index (χ0v) is 15.0. The summed E-state index contributed by atoms with van der Waals surface area (Å²) >= 11 is 6.04. The molecule has 0 bridgehead atoms. The Morgan fingerprint density at radius 1 is 1.35 bits per heavy atom. The van der Waals surface area contributed by atoms with Crippen LogP contribution in [0.3, 0.4) is 0 Å². The normalized spacial score (nSPS) is 12.0. The van der Waals surface area contributed by atoms with Crippen LogP contribution in [0.5, 0.6) is 0 Å². The highest BCUT2D eigenvalue weighted by Gasteiger charge is 2.19. The van der Waals surface area contributed by atoms with Gasteiger partial charge in [-0.25, -0.2) is 0 Å². The smallest absolute Gasteiger partial charge is 0.307 e. The number of hydrogen-bond donors (Lipinski definition) is 2. The third-order valence-corrected chi connectivity index (χ3v) is 3.61. The highest BCUT2D eigenvalue weighted by atomic mass is 35.5. The predicted molar refractivity (Wildman–Crippen MR) is 94.9 cm³/mol. The minimum absolute atomic E-state index is 0.0324. The fourth-order valence-corrected chi connectivity index (χ4v) is 2.40. The fourth-order valence-electron chi connectivity index (χ4n) is 2.19. The molecule has 0 saturated carbocycles. The SMILES string of the molecule is CN=C(NCCC(=O)OC)NCC(C)(C)Cc1cccc(Cl)c1. The molecule has 0 saturated heterocycles. The van der Waals surface area contributed by atoms with E-state index in [0.29, 0.717) is 18.9 Å². The number of nitrogens with one attached hydrogen (secondary N) is 2. The van der Waals surface area contributed by atoms with Gasteiger partial charge in [-0.05, 0) is 29.5 Å². The van der Waals surface area contributed by atoms with Crippen LogP contribution in [-0.2, 0) is 16.0 Å². The van der Waals surface area contributed by atoms with E-state index in [1.807, 2.05) is 18.2 Å². The number of nitrogens with zero attached hydrogens (tertiary/aromatic N) is 1. The van der Waals surface area contributed by atoms with Crippen molar-refractivity contribution in [1.29, 1.82) is 0 Å². The first-order valence-electron chi connectivity index (χ1n) is 7.62. The van der Waals surface area contributed by atoms with Gasteiger partial charge in [0.05, 0.1) is 13.5 Å². The van der Waals surface area contributed by atoms with Crippen molar-refractivity contribution in [2.45, 2.75) is 26.7 Å². The average Bonchev–Trinajstić information content (AvgIpc) is 2.49. The molecule has 1 rings (SSSR count). The molecule has 0 heterocycles. The molecule has 0 atom stereocenters. The number of rotatable bonds is 7. The Kier molecular flexibility index (Phi) is 7.89. The standard InChI is InChI=1S/C17H26ClN3O2/c1-17(2,11-13-6-5-7-14(18)10-13)12-21-16(19-3)20-9-8-15(22)23-4/h5-7,10H,8-9,11-12H2,1-4H3,(H2,19,20,21). The van der Waals surface area contributed by atoms with Crippen LogP contribution in [0.2, 0.25) is 5.02 Å². The third kappa shape index (κ3) is 7.88. The first kappa shape index (κ1) is 19.3. The monoisotopic (exact) mass is 339 g/mol. The summed E-state index contributed by atoms with van der Waals surface area (Å²) in [5, 5.41) is 7.14. The van der Waals surface area contributed by atoms with E-state index in [0.717, 1.165) is 18.0 Å². The molecule has 0 aromatic heterocycles. The number of methoxy groups -OCH3 is 1. The summed E-state index contributed by atoms with van der Waals surface area (Å²) < 4.78 is 4.61. The minimum atomic E-state index is -0.241. The Labute approximate surface area is 143 Å². The lowest BCUT2D eigenvalue weighted by Gasteiger charge is -2.26. The van der Waals surface area contributed by atoms with E-state index in [9.17, 15) is 4.79 Å². The van der Waals surface area contributed by atoms with E-state index in [1.54, 1.807) is 7.05 Å². The second-order valence-electron chi connectivity index (χ2n) is 6.15. The highest BCUT2D eigenvalue weighted by molar-refractivity contribution is 6.30. The van der Waals surface area contributed by atoms with E-state index in [4.69, 9.17) is 11.6 Å². The van der Waals surface area contributed by atoms with E-state index >= 15 is 0 Å². The van der Waals surface area contributed by atoms with Crippen molar-refractivity contribution in [2.75, 3.05) is 27.2 Å². The van der Waals surface area contributed by atoms with Gasteiger partial charge in [-0.3, -0.25) is 9.79 Å². The van der Waals surface area contributed by atoms with Gasteiger partial charge in [0.2, 0.25) is 0 Å². The summed E-state index contributed by atoms with van der Waals surface area (Å²) in [5.74, 6) is 0.433. The van der Waals surface area contributed by atoms with E-state index in [-0.39, 0.29) is 11.4 Å². The molecule has 0 aliphatic rings. The number of carbonyl (C=O) groups is 1. The molecule has 1 aromatic rings. The lowest BCUT2D eigenvalue weighted by atomic mass is 9.86. The molecule has 23 heavy (non-hydrogen) atoms. The lowest BCUT2D eigenvalue weighted by molar-refractivity contribution is -0.140. The van der Waals surface area contributed by atoms with Crippen molar-refractivity contribution in [2.24, 2.45) is 10.4 Å². The Balaban J connectivity index is 2.45. The summed E-state index contributed by atoms with van der Waals surface area (Å²) in [6.07, 6.45) is 1.21. The fraction of sp³-hybridized carbons (Fsp3) is 0.529. The number of hydrogen-bond acceptors (Lipinski definition) is 3. The Hall–Kier alpha value is -1.75. The highest BCUT2D eigenvalue weighted by Crippen LogP contribution is 2.22. The van der Waals surface area contributed by atoms with Crippen LogP contribution in [0.25, 0.3) is 0 Å². The Morgan fingerprint density at radius 3 is 2.70 bits per heavy atom. The van der Waals surface area contributed by atoms with Crippen molar-refractivity contribution in [3.05, 3.63) is 34.9 Å². The maximum Gasteiger partial charge on any atom is 0.307 e. The molecule has 0 aliphatic carbocycles. The van der Waals surface area contributed by atoms with Gasteiger partial charge in [0.15, 0.2) is 5.96 Å². The van der Waals surface area contributed by atoms with Gasteiger partial charge in [-0.2, -0.15) is 0 Å². The van der Waals surface area contributed by atoms with Crippen molar-refractivity contribution >= 4 is 23.5 Å². The molecule has 0 unspecified atom stereocenters. The molecule has 0 fully saturated rings. The van der Waals surface area contributed by atoms with E-state index < -0.39 is 0 Å². The maximum atomic E-state index is 11.1. The topological polar surface area (TPSA) is 62.7 Å². The third-order valence-electron chi connectivity index (χ3n) is 3.38. The second-order valence-corrected chi connectivity index (χ2v) is 6.59.